The number of thiazole rings is 1. The van der Waals surface area contributed by atoms with Gasteiger partial charge in [-0.1, -0.05) is 29.0 Å². The van der Waals surface area contributed by atoms with E-state index >= 15 is 0 Å². The molecule has 0 aliphatic carbocycles. The average Bonchev–Trinajstić information content (AvgIpc) is 2.88. The summed E-state index contributed by atoms with van der Waals surface area (Å²) < 4.78 is 27.6. The number of carbonyl (C=O) groups is 1. The molecule has 1 saturated heterocycles. The number of halogens is 1. The number of sulfonamides is 1. The highest BCUT2D eigenvalue weighted by Crippen LogP contribution is 2.28. The third kappa shape index (κ3) is 3.67. The van der Waals surface area contributed by atoms with Gasteiger partial charge in [-0.05, 0) is 31.4 Å². The molecule has 1 amide bonds. The molecular formula is C16H20ClN3O3S2. The molecule has 2 aromatic rings. The molecule has 1 fully saturated rings. The van der Waals surface area contributed by atoms with Gasteiger partial charge in [-0.15, -0.1) is 0 Å². The van der Waals surface area contributed by atoms with Crippen LogP contribution < -0.4 is 4.80 Å². The van der Waals surface area contributed by atoms with Crippen molar-refractivity contribution in [2.75, 3.05) is 19.3 Å². The lowest BCUT2D eigenvalue weighted by molar-refractivity contribution is -0.122. The summed E-state index contributed by atoms with van der Waals surface area (Å²) in [7, 11) is -1.43. The highest BCUT2D eigenvalue weighted by molar-refractivity contribution is 7.88. The monoisotopic (exact) mass is 401 g/mol. The second-order valence-corrected chi connectivity index (χ2v) is 9.76. The summed E-state index contributed by atoms with van der Waals surface area (Å²) in [6.07, 6.45) is 2.50. The molecule has 1 unspecified atom stereocenters. The van der Waals surface area contributed by atoms with Gasteiger partial charge in [0.15, 0.2) is 4.80 Å². The summed E-state index contributed by atoms with van der Waals surface area (Å²) in [4.78, 5) is 17.5. The van der Waals surface area contributed by atoms with Crippen molar-refractivity contribution in [1.82, 2.24) is 8.87 Å². The predicted molar refractivity (Wildman–Crippen MR) is 100 cm³/mol. The van der Waals surface area contributed by atoms with Crippen molar-refractivity contribution in [2.24, 2.45) is 18.0 Å². The number of hydrogen-bond acceptors (Lipinski definition) is 4. The van der Waals surface area contributed by atoms with E-state index in [1.54, 1.807) is 0 Å². The van der Waals surface area contributed by atoms with Gasteiger partial charge in [0.2, 0.25) is 10.0 Å². The molecule has 3 rings (SSSR count). The second kappa shape index (κ2) is 6.83. The molecule has 0 bridgehead atoms. The van der Waals surface area contributed by atoms with E-state index in [-0.39, 0.29) is 12.5 Å². The van der Waals surface area contributed by atoms with Gasteiger partial charge in [0.25, 0.3) is 5.91 Å². The highest BCUT2D eigenvalue weighted by Gasteiger charge is 2.30. The minimum atomic E-state index is -3.29. The molecule has 1 aliphatic rings. The molecular weight excluding hydrogens is 382 g/mol. The Bertz CT molecular complexity index is 1010. The molecule has 1 aliphatic heterocycles. The Morgan fingerprint density at radius 3 is 2.76 bits per heavy atom. The van der Waals surface area contributed by atoms with Crippen molar-refractivity contribution in [3.63, 3.8) is 0 Å². The number of hydrogen-bond donors (Lipinski definition) is 0. The van der Waals surface area contributed by atoms with E-state index in [0.717, 1.165) is 15.8 Å². The van der Waals surface area contributed by atoms with Gasteiger partial charge < -0.3 is 4.57 Å². The van der Waals surface area contributed by atoms with Crippen LogP contribution in [-0.2, 0) is 21.9 Å². The van der Waals surface area contributed by atoms with Crippen molar-refractivity contribution in [1.29, 1.82) is 0 Å². The van der Waals surface area contributed by atoms with Crippen LogP contribution in [0.25, 0.3) is 10.2 Å². The molecule has 2 heterocycles. The topological polar surface area (TPSA) is 71.7 Å². The van der Waals surface area contributed by atoms with Crippen LogP contribution in [0.4, 0.5) is 0 Å². The fourth-order valence-corrected chi connectivity index (χ4v) is 5.43. The molecule has 9 heteroatoms. The van der Waals surface area contributed by atoms with Crippen LogP contribution in [0.1, 0.15) is 18.4 Å². The second-order valence-electron chi connectivity index (χ2n) is 6.40. The molecule has 6 nitrogen and oxygen atoms in total. The number of aryl methyl sites for hydroxylation is 2. The highest BCUT2D eigenvalue weighted by atomic mass is 35.5. The third-order valence-corrected chi connectivity index (χ3v) is 7.37. The number of aromatic nitrogens is 1. The van der Waals surface area contributed by atoms with Crippen LogP contribution in [0.5, 0.6) is 0 Å². The van der Waals surface area contributed by atoms with E-state index in [1.165, 1.54) is 21.9 Å². The Labute approximate surface area is 155 Å². The minimum Gasteiger partial charge on any atom is -0.319 e. The standard InChI is InChI=1S/C16H20ClN3O3S2/c1-10-6-7-12(17)14-13(10)19(2)16(24-14)18-15(21)11-5-4-8-20(9-11)25(3,22)23/h6-7,11H,4-5,8-9H2,1-3H3. The van der Waals surface area contributed by atoms with Gasteiger partial charge in [-0.2, -0.15) is 4.99 Å². The average molecular weight is 402 g/mol. The van der Waals surface area contributed by atoms with Gasteiger partial charge in [0.05, 0.1) is 27.4 Å². The van der Waals surface area contributed by atoms with E-state index in [0.29, 0.717) is 29.2 Å². The number of piperidine rings is 1. The van der Waals surface area contributed by atoms with E-state index in [4.69, 9.17) is 11.6 Å². The molecule has 25 heavy (non-hydrogen) atoms. The fraction of sp³-hybridized carbons (Fsp3) is 0.500. The molecule has 0 spiro atoms. The maximum Gasteiger partial charge on any atom is 0.252 e. The van der Waals surface area contributed by atoms with Crippen molar-refractivity contribution in [3.05, 3.63) is 27.5 Å². The van der Waals surface area contributed by atoms with Crippen molar-refractivity contribution >= 4 is 49.1 Å². The summed E-state index contributed by atoms with van der Waals surface area (Å²) in [6, 6.07) is 3.78. The zero-order chi connectivity index (χ0) is 18.4. The van der Waals surface area contributed by atoms with E-state index < -0.39 is 15.9 Å². The number of carbonyl (C=O) groups excluding carboxylic acids is 1. The summed E-state index contributed by atoms with van der Waals surface area (Å²) in [5, 5.41) is 0.635. The first-order chi connectivity index (χ1) is 11.7. The first-order valence-corrected chi connectivity index (χ1v) is 11.0. The molecule has 0 N–H and O–H groups in total. The molecule has 1 aromatic heterocycles. The van der Waals surface area contributed by atoms with Crippen LogP contribution in [-0.4, -0.2) is 42.5 Å². The van der Waals surface area contributed by atoms with E-state index in [1.807, 2.05) is 30.7 Å². The van der Waals surface area contributed by atoms with Gasteiger partial charge in [0.1, 0.15) is 0 Å². The number of benzene rings is 1. The Hall–Kier alpha value is -1.22. The molecule has 0 radical (unpaired) electrons. The van der Waals surface area contributed by atoms with Gasteiger partial charge in [-0.3, -0.25) is 4.79 Å². The maximum absolute atomic E-state index is 12.6. The number of rotatable bonds is 2. The van der Waals surface area contributed by atoms with Crippen LogP contribution >= 0.6 is 22.9 Å². The maximum atomic E-state index is 12.6. The first-order valence-electron chi connectivity index (χ1n) is 7.97. The predicted octanol–water partition coefficient (Wildman–Crippen LogP) is 2.30. The normalized spacial score (nSPS) is 20.3. The number of fused-ring (bicyclic) bond motifs is 1. The molecule has 1 aromatic carbocycles. The summed E-state index contributed by atoms with van der Waals surface area (Å²) >= 11 is 7.64. The fourth-order valence-electron chi connectivity index (χ4n) is 3.14. The lowest BCUT2D eigenvalue weighted by atomic mass is 9.99. The molecule has 0 saturated carbocycles. The SMILES string of the molecule is Cc1ccc(Cl)c2sc(=NC(=O)C3CCCN(S(C)(=O)=O)C3)n(C)c12. The van der Waals surface area contributed by atoms with E-state index in [9.17, 15) is 13.2 Å². The van der Waals surface area contributed by atoms with Crippen LogP contribution in [0.15, 0.2) is 17.1 Å². The Morgan fingerprint density at radius 1 is 1.40 bits per heavy atom. The summed E-state index contributed by atoms with van der Waals surface area (Å²) in [5.74, 6) is -0.672. The molecule has 136 valence electrons. The number of nitrogens with zero attached hydrogens (tertiary/aromatic N) is 3. The number of amides is 1. The van der Waals surface area contributed by atoms with Gasteiger partial charge in [0, 0.05) is 20.1 Å². The smallest absolute Gasteiger partial charge is 0.252 e. The summed E-state index contributed by atoms with van der Waals surface area (Å²) in [5.41, 5.74) is 2.03. The van der Waals surface area contributed by atoms with Crippen LogP contribution in [0, 0.1) is 12.8 Å². The van der Waals surface area contributed by atoms with Crippen molar-refractivity contribution in [2.45, 2.75) is 19.8 Å². The van der Waals surface area contributed by atoms with Crippen molar-refractivity contribution in [3.8, 4) is 0 Å². The zero-order valence-electron chi connectivity index (χ0n) is 14.3. The summed E-state index contributed by atoms with van der Waals surface area (Å²) in [6.45, 7) is 2.66. The quantitative estimate of drug-likeness (QED) is 0.775. The largest absolute Gasteiger partial charge is 0.319 e. The Kier molecular flexibility index (Phi) is 5.07. The third-order valence-electron chi connectivity index (χ3n) is 4.51. The Balaban J connectivity index is 1.97. The zero-order valence-corrected chi connectivity index (χ0v) is 16.7. The minimum absolute atomic E-state index is 0.204. The van der Waals surface area contributed by atoms with Gasteiger partial charge >= 0.3 is 0 Å². The Morgan fingerprint density at radius 2 is 2.12 bits per heavy atom. The first kappa shape index (κ1) is 18.6. The van der Waals surface area contributed by atoms with Crippen LogP contribution in [0.2, 0.25) is 5.02 Å². The molecule has 1 atom stereocenters. The lowest BCUT2D eigenvalue weighted by Crippen LogP contribution is -2.41. The lowest BCUT2D eigenvalue weighted by Gasteiger charge is -2.28. The van der Waals surface area contributed by atoms with Crippen molar-refractivity contribution < 1.29 is 13.2 Å². The van der Waals surface area contributed by atoms with Gasteiger partial charge in [-0.25, -0.2) is 12.7 Å². The van der Waals surface area contributed by atoms with E-state index in [2.05, 4.69) is 4.99 Å². The van der Waals surface area contributed by atoms with Crippen LogP contribution in [0.3, 0.4) is 0 Å².